The lowest BCUT2D eigenvalue weighted by atomic mass is 10.1. The molecule has 1 aliphatic carbocycles. The van der Waals surface area contributed by atoms with Gasteiger partial charge in [-0.05, 0) is 36.8 Å². The number of nitrogens with zero attached hydrogens (tertiary/aromatic N) is 2. The van der Waals surface area contributed by atoms with Crippen molar-refractivity contribution < 1.29 is 9.68 Å². The van der Waals surface area contributed by atoms with E-state index in [1.165, 1.54) is 0 Å². The van der Waals surface area contributed by atoms with E-state index >= 15 is 0 Å². The highest BCUT2D eigenvalue weighted by Gasteiger charge is 2.18. The number of allylic oxidation sites excluding steroid dienone is 6. The highest BCUT2D eigenvalue weighted by Crippen LogP contribution is 2.26. The predicted octanol–water partition coefficient (Wildman–Crippen LogP) is 3.94. The second-order valence-electron chi connectivity index (χ2n) is 5.03. The highest BCUT2D eigenvalue weighted by molar-refractivity contribution is 5.97. The summed E-state index contributed by atoms with van der Waals surface area (Å²) in [6, 6.07) is 7.76. The van der Waals surface area contributed by atoms with Gasteiger partial charge in [-0.25, -0.2) is 0 Å². The summed E-state index contributed by atoms with van der Waals surface area (Å²) in [5, 5.41) is 5.79. The van der Waals surface area contributed by atoms with Crippen LogP contribution in [0.5, 0.6) is 5.75 Å². The lowest BCUT2D eigenvalue weighted by Crippen LogP contribution is -2.24. The quantitative estimate of drug-likeness (QED) is 0.726. The summed E-state index contributed by atoms with van der Waals surface area (Å²) < 4.78 is 0. The molecule has 0 saturated heterocycles. The first-order chi connectivity index (χ1) is 10.9. The van der Waals surface area contributed by atoms with E-state index in [2.05, 4.69) is 11.2 Å². The summed E-state index contributed by atoms with van der Waals surface area (Å²) in [4.78, 5) is 11.4. The van der Waals surface area contributed by atoms with Gasteiger partial charge < -0.3 is 9.68 Å². The van der Waals surface area contributed by atoms with Crippen molar-refractivity contribution in [3.63, 3.8) is 0 Å². The van der Waals surface area contributed by atoms with E-state index in [-0.39, 0.29) is 0 Å². The molecular weight excluding hydrogens is 276 g/mol. The fourth-order valence-electron chi connectivity index (χ4n) is 2.40. The standard InChI is InChI=1S/C18H14N2O2/c1-3-9-16-15(7-1)11-12-18(19-21-16)20-13-5-8-14-6-2-4-10-17(14)22-20/h1-5,7-13H,6H2. The van der Waals surface area contributed by atoms with Crippen LogP contribution in [0, 0.1) is 0 Å². The highest BCUT2D eigenvalue weighted by atomic mass is 16.7. The summed E-state index contributed by atoms with van der Waals surface area (Å²) in [6.07, 6.45) is 16.6. The summed E-state index contributed by atoms with van der Waals surface area (Å²) in [7, 11) is 0. The van der Waals surface area contributed by atoms with Gasteiger partial charge in [0.1, 0.15) is 0 Å². The zero-order valence-electron chi connectivity index (χ0n) is 11.8. The first-order valence-corrected chi connectivity index (χ1v) is 7.14. The second-order valence-corrected chi connectivity index (χ2v) is 5.03. The molecule has 0 spiro atoms. The molecule has 2 heterocycles. The Hall–Kier alpha value is -3.01. The van der Waals surface area contributed by atoms with Gasteiger partial charge in [0, 0.05) is 17.3 Å². The first-order valence-electron chi connectivity index (χ1n) is 7.14. The van der Waals surface area contributed by atoms with Crippen molar-refractivity contribution in [1.29, 1.82) is 0 Å². The van der Waals surface area contributed by atoms with E-state index in [4.69, 9.17) is 9.68 Å². The Bertz CT molecular complexity index is 782. The Labute approximate surface area is 128 Å². The molecule has 22 heavy (non-hydrogen) atoms. The predicted molar refractivity (Wildman–Crippen MR) is 85.5 cm³/mol. The number of hydroxylamine groups is 2. The van der Waals surface area contributed by atoms with E-state index in [1.54, 1.807) is 5.06 Å². The molecule has 0 aromatic heterocycles. The van der Waals surface area contributed by atoms with Crippen LogP contribution in [0.3, 0.4) is 0 Å². The second kappa shape index (κ2) is 5.41. The van der Waals surface area contributed by atoms with Gasteiger partial charge in [-0.3, -0.25) is 0 Å². The van der Waals surface area contributed by atoms with Gasteiger partial charge in [0.05, 0.1) is 0 Å². The maximum atomic E-state index is 5.94. The molecule has 0 bridgehead atoms. The number of benzene rings is 1. The summed E-state index contributed by atoms with van der Waals surface area (Å²) in [5.74, 6) is 2.13. The third-order valence-electron chi connectivity index (χ3n) is 3.55. The molecule has 0 radical (unpaired) electrons. The van der Waals surface area contributed by atoms with Crippen molar-refractivity contribution in [3.05, 3.63) is 83.8 Å². The Morgan fingerprint density at radius 1 is 1.05 bits per heavy atom. The molecule has 108 valence electrons. The van der Waals surface area contributed by atoms with Crippen LogP contribution in [-0.2, 0) is 4.84 Å². The number of rotatable bonds is 0. The molecule has 4 heteroatoms. The van der Waals surface area contributed by atoms with Gasteiger partial charge >= 0.3 is 0 Å². The summed E-state index contributed by atoms with van der Waals surface area (Å²) in [5.41, 5.74) is 2.13. The number of para-hydroxylation sites is 1. The maximum Gasteiger partial charge on any atom is 0.207 e. The molecule has 4 rings (SSSR count). The SMILES string of the molecule is C1=CCC2=CC=CN(C3=NOc4ccccc4C=C3)OC2=C1. The van der Waals surface area contributed by atoms with Gasteiger partial charge in [0.25, 0.3) is 0 Å². The van der Waals surface area contributed by atoms with E-state index in [0.29, 0.717) is 5.84 Å². The minimum Gasteiger partial charge on any atom is -0.373 e. The Morgan fingerprint density at radius 2 is 2.00 bits per heavy atom. The maximum absolute atomic E-state index is 5.94. The first kappa shape index (κ1) is 12.7. The molecule has 0 atom stereocenters. The molecule has 0 fully saturated rings. The van der Waals surface area contributed by atoms with Crippen molar-refractivity contribution in [3.8, 4) is 5.75 Å². The average Bonchev–Trinajstić information content (AvgIpc) is 2.90. The average molecular weight is 290 g/mol. The molecule has 0 unspecified atom stereocenters. The molecular formula is C18H14N2O2. The van der Waals surface area contributed by atoms with Crippen LogP contribution >= 0.6 is 0 Å². The van der Waals surface area contributed by atoms with Gasteiger partial charge in [-0.15, -0.1) is 0 Å². The van der Waals surface area contributed by atoms with Gasteiger partial charge in [0.2, 0.25) is 5.84 Å². The van der Waals surface area contributed by atoms with E-state index in [0.717, 1.165) is 29.1 Å². The fourth-order valence-corrected chi connectivity index (χ4v) is 2.40. The monoisotopic (exact) mass is 290 g/mol. The molecule has 3 aliphatic rings. The van der Waals surface area contributed by atoms with Crippen LogP contribution in [0.1, 0.15) is 12.0 Å². The number of fused-ring (bicyclic) bond motifs is 2. The van der Waals surface area contributed by atoms with Crippen LogP contribution in [0.15, 0.2) is 83.4 Å². The number of amidine groups is 1. The molecule has 0 saturated carbocycles. The van der Waals surface area contributed by atoms with Gasteiger partial charge in [0.15, 0.2) is 11.5 Å². The Kier molecular flexibility index (Phi) is 3.12. The number of hydrogen-bond acceptors (Lipinski definition) is 4. The topological polar surface area (TPSA) is 34.1 Å². The lowest BCUT2D eigenvalue weighted by molar-refractivity contribution is -0.00378. The van der Waals surface area contributed by atoms with Crippen LogP contribution in [0.2, 0.25) is 0 Å². The van der Waals surface area contributed by atoms with Crippen molar-refractivity contribution in [1.82, 2.24) is 5.06 Å². The minimum atomic E-state index is 0.581. The largest absolute Gasteiger partial charge is 0.373 e. The molecule has 0 amide bonds. The lowest BCUT2D eigenvalue weighted by Gasteiger charge is -2.21. The summed E-state index contributed by atoms with van der Waals surface area (Å²) >= 11 is 0. The third kappa shape index (κ3) is 2.35. The molecule has 2 aliphatic heterocycles. The zero-order chi connectivity index (χ0) is 14.8. The molecule has 4 nitrogen and oxygen atoms in total. The van der Waals surface area contributed by atoms with Gasteiger partial charge in [-0.2, -0.15) is 5.06 Å². The van der Waals surface area contributed by atoms with E-state index < -0.39 is 0 Å². The summed E-state index contributed by atoms with van der Waals surface area (Å²) in [6.45, 7) is 0. The van der Waals surface area contributed by atoms with Gasteiger partial charge in [-0.1, -0.05) is 41.6 Å². The third-order valence-corrected chi connectivity index (χ3v) is 3.55. The molecule has 0 N–H and O–H groups in total. The van der Waals surface area contributed by atoms with Crippen LogP contribution in [0.25, 0.3) is 6.08 Å². The molecule has 1 aromatic rings. The van der Waals surface area contributed by atoms with Crippen LogP contribution < -0.4 is 4.84 Å². The zero-order valence-corrected chi connectivity index (χ0v) is 11.8. The number of hydrogen-bond donors (Lipinski definition) is 0. The van der Waals surface area contributed by atoms with E-state index in [9.17, 15) is 0 Å². The van der Waals surface area contributed by atoms with Crippen molar-refractivity contribution >= 4 is 11.9 Å². The Balaban J connectivity index is 1.62. The fraction of sp³-hybridized carbons (Fsp3) is 0.0556. The van der Waals surface area contributed by atoms with Crippen LogP contribution in [0.4, 0.5) is 0 Å². The van der Waals surface area contributed by atoms with Crippen molar-refractivity contribution in [2.45, 2.75) is 6.42 Å². The van der Waals surface area contributed by atoms with E-state index in [1.807, 2.05) is 66.9 Å². The number of oxime groups is 1. The minimum absolute atomic E-state index is 0.581. The van der Waals surface area contributed by atoms with Crippen LogP contribution in [-0.4, -0.2) is 10.9 Å². The van der Waals surface area contributed by atoms with Crippen molar-refractivity contribution in [2.75, 3.05) is 0 Å². The normalized spacial score (nSPS) is 18.7. The molecule has 1 aromatic carbocycles. The smallest absolute Gasteiger partial charge is 0.207 e. The Morgan fingerprint density at radius 3 is 3.00 bits per heavy atom. The van der Waals surface area contributed by atoms with Crippen molar-refractivity contribution in [2.24, 2.45) is 5.16 Å².